The molecule has 2 rings (SSSR count). The number of benzene rings is 1. The molecule has 0 radical (unpaired) electrons. The largest absolute Gasteiger partial charge is 0.268 e. The van der Waals surface area contributed by atoms with E-state index in [0.717, 1.165) is 7.88 Å². The summed E-state index contributed by atoms with van der Waals surface area (Å²) in [6.07, 6.45) is 0. The summed E-state index contributed by atoms with van der Waals surface area (Å²) in [4.78, 5) is 11.6. The van der Waals surface area contributed by atoms with E-state index in [0.29, 0.717) is 0 Å². The first-order valence-electron chi connectivity index (χ1n) is 3.77. The SMILES string of the molecule is CN1C(=O)c2ccc(I)cc2S1(=O)=O. The standard InChI is InChI=1S/C8H6INO3S/c1-10-8(11)6-3-2-5(9)4-7(6)14(10,12)13/h2-4H,1H3. The van der Waals surface area contributed by atoms with Crippen molar-refractivity contribution in [3.63, 3.8) is 0 Å². The van der Waals surface area contributed by atoms with Crippen LogP contribution in [0.15, 0.2) is 23.1 Å². The van der Waals surface area contributed by atoms with E-state index in [1.54, 1.807) is 12.1 Å². The molecule has 1 aromatic rings. The highest BCUT2D eigenvalue weighted by molar-refractivity contribution is 14.1. The van der Waals surface area contributed by atoms with Crippen LogP contribution < -0.4 is 0 Å². The monoisotopic (exact) mass is 323 g/mol. The Morgan fingerprint density at radius 2 is 2.00 bits per heavy atom. The Morgan fingerprint density at radius 3 is 2.64 bits per heavy atom. The lowest BCUT2D eigenvalue weighted by molar-refractivity contribution is 0.0891. The van der Waals surface area contributed by atoms with Crippen molar-refractivity contribution in [2.45, 2.75) is 4.90 Å². The van der Waals surface area contributed by atoms with Gasteiger partial charge in [-0.15, -0.1) is 0 Å². The predicted octanol–water partition coefficient (Wildman–Crippen LogP) is 1.07. The normalized spacial score (nSPS) is 18.4. The Morgan fingerprint density at radius 1 is 1.36 bits per heavy atom. The molecule has 0 aliphatic carbocycles. The van der Waals surface area contributed by atoms with E-state index in [9.17, 15) is 13.2 Å². The molecule has 0 unspecified atom stereocenters. The topological polar surface area (TPSA) is 54.5 Å². The van der Waals surface area contributed by atoms with Crippen molar-refractivity contribution in [2.24, 2.45) is 0 Å². The fraction of sp³-hybridized carbons (Fsp3) is 0.125. The van der Waals surface area contributed by atoms with Crippen molar-refractivity contribution in [2.75, 3.05) is 7.05 Å². The number of halogens is 1. The molecule has 6 heteroatoms. The lowest BCUT2D eigenvalue weighted by Crippen LogP contribution is -2.24. The number of nitrogens with zero attached hydrogens (tertiary/aromatic N) is 1. The summed E-state index contributed by atoms with van der Waals surface area (Å²) in [6.45, 7) is 0. The summed E-state index contributed by atoms with van der Waals surface area (Å²) in [5, 5.41) is 0. The van der Waals surface area contributed by atoms with Crippen molar-refractivity contribution in [3.8, 4) is 0 Å². The van der Waals surface area contributed by atoms with Crippen LogP contribution in [0.5, 0.6) is 0 Å². The van der Waals surface area contributed by atoms with Crippen LogP contribution in [0.2, 0.25) is 0 Å². The van der Waals surface area contributed by atoms with Crippen LogP contribution >= 0.6 is 22.6 Å². The van der Waals surface area contributed by atoms with Gasteiger partial charge in [0.05, 0.1) is 5.56 Å². The highest BCUT2D eigenvalue weighted by Gasteiger charge is 2.38. The number of carbonyl (C=O) groups is 1. The zero-order valence-corrected chi connectivity index (χ0v) is 10.2. The molecule has 1 heterocycles. The van der Waals surface area contributed by atoms with E-state index < -0.39 is 15.9 Å². The Balaban J connectivity index is 2.82. The predicted molar refractivity (Wildman–Crippen MR) is 58.4 cm³/mol. The number of hydrogen-bond acceptors (Lipinski definition) is 3. The maximum Gasteiger partial charge on any atom is 0.268 e. The molecular formula is C8H6INO3S. The Hall–Kier alpha value is -0.630. The van der Waals surface area contributed by atoms with Gasteiger partial charge in [0.25, 0.3) is 15.9 Å². The van der Waals surface area contributed by atoms with E-state index in [4.69, 9.17) is 0 Å². The molecule has 1 aliphatic rings. The molecule has 14 heavy (non-hydrogen) atoms. The zero-order chi connectivity index (χ0) is 10.5. The molecule has 0 atom stereocenters. The van der Waals surface area contributed by atoms with E-state index in [1.807, 2.05) is 22.6 Å². The van der Waals surface area contributed by atoms with E-state index >= 15 is 0 Å². The molecule has 1 amide bonds. The highest BCUT2D eigenvalue weighted by Crippen LogP contribution is 2.29. The molecule has 0 N–H and O–H groups in total. The van der Waals surface area contributed by atoms with E-state index in [1.165, 1.54) is 13.1 Å². The zero-order valence-electron chi connectivity index (χ0n) is 7.19. The van der Waals surface area contributed by atoms with Gasteiger partial charge in [0.2, 0.25) is 0 Å². The summed E-state index contributed by atoms with van der Waals surface area (Å²) in [6, 6.07) is 4.76. The Labute approximate surface area is 95.1 Å². The lowest BCUT2D eigenvalue weighted by atomic mass is 10.2. The second-order valence-corrected chi connectivity index (χ2v) is 6.10. The first kappa shape index (κ1) is 9.91. The first-order valence-corrected chi connectivity index (χ1v) is 6.29. The maximum absolute atomic E-state index is 11.6. The van der Waals surface area contributed by atoms with Gasteiger partial charge in [-0.3, -0.25) is 4.79 Å². The fourth-order valence-electron chi connectivity index (χ4n) is 1.31. The molecule has 0 spiro atoms. The molecule has 0 saturated heterocycles. The van der Waals surface area contributed by atoms with Gasteiger partial charge in [-0.05, 0) is 40.8 Å². The van der Waals surface area contributed by atoms with Gasteiger partial charge < -0.3 is 0 Å². The van der Waals surface area contributed by atoms with Crippen LogP contribution in [0.3, 0.4) is 0 Å². The minimum Gasteiger partial charge on any atom is -0.268 e. The molecule has 0 bridgehead atoms. The van der Waals surface area contributed by atoms with Crippen LogP contribution in [0.4, 0.5) is 0 Å². The van der Waals surface area contributed by atoms with Gasteiger partial charge in [-0.2, -0.15) is 0 Å². The van der Waals surface area contributed by atoms with Crippen LogP contribution in [0.1, 0.15) is 10.4 Å². The van der Waals surface area contributed by atoms with Crippen molar-refractivity contribution in [3.05, 3.63) is 27.3 Å². The summed E-state index contributed by atoms with van der Waals surface area (Å²) in [5.41, 5.74) is 0.257. The second-order valence-electron chi connectivity index (χ2n) is 2.92. The molecule has 0 saturated carbocycles. The maximum atomic E-state index is 11.6. The average molecular weight is 323 g/mol. The van der Waals surface area contributed by atoms with Crippen LogP contribution in [0, 0.1) is 3.57 Å². The van der Waals surface area contributed by atoms with Crippen LogP contribution in [-0.2, 0) is 10.0 Å². The minimum atomic E-state index is -3.58. The summed E-state index contributed by atoms with van der Waals surface area (Å²) in [5.74, 6) is -0.462. The first-order chi connectivity index (χ1) is 6.44. The fourth-order valence-corrected chi connectivity index (χ4v) is 3.34. The number of sulfonamides is 1. The summed E-state index contributed by atoms with van der Waals surface area (Å²) >= 11 is 2.01. The third kappa shape index (κ3) is 1.17. The van der Waals surface area contributed by atoms with E-state index in [2.05, 4.69) is 0 Å². The minimum absolute atomic E-state index is 0.108. The molecule has 0 aromatic heterocycles. The van der Waals surface area contributed by atoms with Gasteiger partial charge in [0.1, 0.15) is 4.90 Å². The number of fused-ring (bicyclic) bond motifs is 1. The average Bonchev–Trinajstić information content (AvgIpc) is 2.29. The van der Waals surface area contributed by atoms with Crippen molar-refractivity contribution in [1.29, 1.82) is 0 Å². The Kier molecular flexibility index (Phi) is 2.07. The van der Waals surface area contributed by atoms with Gasteiger partial charge >= 0.3 is 0 Å². The molecule has 1 aliphatic heterocycles. The van der Waals surface area contributed by atoms with Crippen LogP contribution in [0.25, 0.3) is 0 Å². The van der Waals surface area contributed by atoms with Gasteiger partial charge in [0.15, 0.2) is 0 Å². The van der Waals surface area contributed by atoms with Crippen molar-refractivity contribution in [1.82, 2.24) is 4.31 Å². The number of amides is 1. The van der Waals surface area contributed by atoms with Crippen LogP contribution in [-0.4, -0.2) is 25.7 Å². The summed E-state index contributed by atoms with van der Waals surface area (Å²) < 4.78 is 24.9. The molecule has 1 aromatic carbocycles. The third-order valence-electron chi connectivity index (χ3n) is 2.10. The summed E-state index contributed by atoms with van der Waals surface area (Å²) in [7, 11) is -2.31. The second kappa shape index (κ2) is 2.93. The number of rotatable bonds is 0. The molecule has 74 valence electrons. The smallest absolute Gasteiger partial charge is 0.268 e. The van der Waals surface area contributed by atoms with Gasteiger partial charge in [-0.1, -0.05) is 0 Å². The highest BCUT2D eigenvalue weighted by atomic mass is 127. The van der Waals surface area contributed by atoms with Gasteiger partial charge in [0, 0.05) is 10.6 Å². The van der Waals surface area contributed by atoms with Crippen molar-refractivity contribution < 1.29 is 13.2 Å². The van der Waals surface area contributed by atoms with E-state index in [-0.39, 0.29) is 10.5 Å². The number of hydrogen-bond donors (Lipinski definition) is 0. The number of carbonyl (C=O) groups excluding carboxylic acids is 1. The molecule has 0 fully saturated rings. The molecular weight excluding hydrogens is 317 g/mol. The molecule has 4 nitrogen and oxygen atoms in total. The quantitative estimate of drug-likeness (QED) is 0.671. The Bertz CT molecular complexity index is 523. The third-order valence-corrected chi connectivity index (χ3v) is 4.55. The van der Waals surface area contributed by atoms with Crippen molar-refractivity contribution >= 4 is 38.5 Å². The lowest BCUT2D eigenvalue weighted by Gasteiger charge is -2.05. The van der Waals surface area contributed by atoms with Gasteiger partial charge in [-0.25, -0.2) is 12.7 Å².